The van der Waals surface area contributed by atoms with Gasteiger partial charge >= 0.3 is 31.5 Å². The summed E-state index contributed by atoms with van der Waals surface area (Å²) in [5.41, 5.74) is 0.261. The van der Waals surface area contributed by atoms with Gasteiger partial charge in [-0.2, -0.15) is 25.6 Å². The van der Waals surface area contributed by atoms with Crippen LogP contribution in [0.1, 0.15) is 22.3 Å². The largest absolute Gasteiger partial charge is 0.462 e. The second kappa shape index (κ2) is 11.1. The maximum absolute atomic E-state index is 13.6. The lowest BCUT2D eigenvalue weighted by Crippen LogP contribution is -2.39. The molecule has 1 N–H and O–H groups in total. The van der Waals surface area contributed by atoms with Gasteiger partial charge in [-0.3, -0.25) is 4.55 Å². The average Bonchev–Trinajstić information content (AvgIpc) is 2.74. The van der Waals surface area contributed by atoms with Crippen LogP contribution in [0.3, 0.4) is 0 Å². The molecule has 0 aromatic heterocycles. The van der Waals surface area contributed by atoms with Crippen molar-refractivity contribution in [3.63, 3.8) is 0 Å². The Bertz CT molecular complexity index is 1300. The van der Waals surface area contributed by atoms with E-state index in [-0.39, 0.29) is 14.0 Å². The number of benzene rings is 2. The van der Waals surface area contributed by atoms with Gasteiger partial charge in [0.15, 0.2) is 11.9 Å². The minimum atomic E-state index is -6.02. The van der Waals surface area contributed by atoms with Gasteiger partial charge in [0, 0.05) is 9.99 Å². The number of hydrogen-bond acceptors (Lipinski definition) is 7. The predicted octanol–water partition coefficient (Wildman–Crippen LogP) is 4.67. The maximum atomic E-state index is 13.6. The van der Waals surface area contributed by atoms with Crippen LogP contribution in [0.25, 0.3) is 6.08 Å². The molecule has 0 amide bonds. The number of halogens is 5. The fourth-order valence-corrected chi connectivity index (χ4v) is 5.90. The van der Waals surface area contributed by atoms with Crippen molar-refractivity contribution in [3.05, 3.63) is 61.2 Å². The van der Waals surface area contributed by atoms with E-state index in [1.807, 2.05) is 22.6 Å². The molecule has 34 heavy (non-hydrogen) atoms. The van der Waals surface area contributed by atoms with Crippen molar-refractivity contribution in [1.82, 2.24) is 0 Å². The highest BCUT2D eigenvalue weighted by molar-refractivity contribution is 14.1. The van der Waals surface area contributed by atoms with Crippen molar-refractivity contribution in [2.24, 2.45) is 0 Å². The number of ether oxygens (including phenoxy) is 1. The molecule has 2 aromatic carbocycles. The first-order chi connectivity index (χ1) is 15.6. The van der Waals surface area contributed by atoms with Gasteiger partial charge in [-0.25, -0.2) is 9.18 Å². The summed E-state index contributed by atoms with van der Waals surface area (Å²) >= 11 is 3.54. The van der Waals surface area contributed by atoms with Crippen LogP contribution in [0.5, 0.6) is 5.75 Å². The lowest BCUT2D eigenvalue weighted by molar-refractivity contribution is -0.0163. The van der Waals surface area contributed by atoms with Crippen LogP contribution in [0.15, 0.2) is 47.9 Å². The van der Waals surface area contributed by atoms with E-state index in [0.717, 1.165) is 0 Å². The molecular formula is C19H15F3I2O8S2. The zero-order valence-electron chi connectivity index (χ0n) is 16.8. The van der Waals surface area contributed by atoms with Gasteiger partial charge in [0.25, 0.3) is 0 Å². The number of carbonyl (C=O) groups excluding carboxylic acids is 1. The molecule has 0 radical (unpaired) electrons. The Balaban J connectivity index is 2.26. The van der Waals surface area contributed by atoms with Crippen LogP contribution in [0, 0.1) is 7.14 Å². The number of carbonyl (C=O) groups is 1. The van der Waals surface area contributed by atoms with Crippen molar-refractivity contribution in [1.29, 1.82) is 0 Å². The standard InChI is InChI=1S/C19H15F3I2O8S2/c1-2-11-3-5-13(6-4-11)33(26,27)32-17-14(9-12(23)10-15(17)24)18(25)31-8-7-16(20)19(21,22)34(28,29)30/h2-6,9-10,16H,1,7-8H2,(H,28,29,30). The zero-order chi connectivity index (χ0) is 25.9. The third-order valence-electron chi connectivity index (χ3n) is 4.14. The lowest BCUT2D eigenvalue weighted by atomic mass is 10.2. The molecule has 0 aliphatic carbocycles. The van der Waals surface area contributed by atoms with Crippen molar-refractivity contribution in [2.45, 2.75) is 22.7 Å². The Morgan fingerprint density at radius 3 is 2.26 bits per heavy atom. The van der Waals surface area contributed by atoms with E-state index in [4.69, 9.17) is 13.5 Å². The van der Waals surface area contributed by atoms with E-state index in [9.17, 15) is 34.8 Å². The number of esters is 1. The van der Waals surface area contributed by atoms with E-state index < -0.39 is 56.4 Å². The summed E-state index contributed by atoms with van der Waals surface area (Å²) in [6, 6.07) is 8.19. The number of hydrogen-bond donors (Lipinski definition) is 1. The Morgan fingerprint density at radius 2 is 1.74 bits per heavy atom. The molecule has 1 atom stereocenters. The van der Waals surface area contributed by atoms with Gasteiger partial charge in [-0.1, -0.05) is 24.8 Å². The fraction of sp³-hybridized carbons (Fsp3) is 0.211. The lowest BCUT2D eigenvalue weighted by Gasteiger charge is -2.17. The Hall–Kier alpha value is -1.44. The summed E-state index contributed by atoms with van der Waals surface area (Å²) in [5.74, 6) is -1.63. The Morgan fingerprint density at radius 1 is 1.15 bits per heavy atom. The average molecular weight is 746 g/mol. The third-order valence-corrected chi connectivity index (χ3v) is 7.74. The molecule has 0 fully saturated rings. The summed E-state index contributed by atoms with van der Waals surface area (Å²) in [7, 11) is -10.4. The molecule has 0 saturated carbocycles. The molecule has 0 spiro atoms. The molecule has 1 unspecified atom stereocenters. The summed E-state index contributed by atoms with van der Waals surface area (Å²) in [5, 5.41) is -5.10. The van der Waals surface area contributed by atoms with E-state index >= 15 is 0 Å². The zero-order valence-corrected chi connectivity index (χ0v) is 22.7. The van der Waals surface area contributed by atoms with Crippen LogP contribution in [-0.2, 0) is 25.0 Å². The topological polar surface area (TPSA) is 124 Å². The molecular weight excluding hydrogens is 731 g/mol. The molecule has 0 bridgehead atoms. The summed E-state index contributed by atoms with van der Waals surface area (Å²) in [4.78, 5) is 12.3. The SMILES string of the molecule is C=Cc1ccc(S(=O)(=O)Oc2c(I)cc(I)cc2C(=O)OCCC(F)C(F)(F)S(=O)(=O)O)cc1. The first-order valence-electron chi connectivity index (χ1n) is 8.92. The van der Waals surface area contributed by atoms with Gasteiger partial charge in [0.2, 0.25) is 0 Å². The highest BCUT2D eigenvalue weighted by Crippen LogP contribution is 2.33. The first kappa shape index (κ1) is 28.8. The highest BCUT2D eigenvalue weighted by Gasteiger charge is 2.52. The fourth-order valence-electron chi connectivity index (χ4n) is 2.39. The number of alkyl halides is 3. The van der Waals surface area contributed by atoms with E-state index in [2.05, 4.69) is 6.58 Å². The summed E-state index contributed by atoms with van der Waals surface area (Å²) < 4.78 is 106. The predicted molar refractivity (Wildman–Crippen MR) is 133 cm³/mol. The van der Waals surface area contributed by atoms with Crippen LogP contribution in [0.2, 0.25) is 0 Å². The van der Waals surface area contributed by atoms with E-state index in [1.165, 1.54) is 42.5 Å². The van der Waals surface area contributed by atoms with Crippen molar-refractivity contribution in [2.75, 3.05) is 6.61 Å². The highest BCUT2D eigenvalue weighted by atomic mass is 127. The summed E-state index contributed by atoms with van der Waals surface area (Å²) in [6.45, 7) is 2.56. The minimum Gasteiger partial charge on any atom is -0.462 e. The maximum Gasteiger partial charge on any atom is 0.400 e. The third kappa shape index (κ3) is 6.82. The molecule has 15 heteroatoms. The number of rotatable bonds is 10. The van der Waals surface area contributed by atoms with Crippen LogP contribution >= 0.6 is 45.2 Å². The van der Waals surface area contributed by atoms with Crippen LogP contribution in [-0.4, -0.2) is 45.4 Å². The second-order valence-corrected chi connectivity index (χ2v) is 12.0. The molecule has 2 rings (SSSR count). The first-order valence-corrected chi connectivity index (χ1v) is 13.9. The molecule has 8 nitrogen and oxygen atoms in total. The van der Waals surface area contributed by atoms with Crippen molar-refractivity contribution < 1.29 is 48.3 Å². The smallest absolute Gasteiger partial charge is 0.400 e. The minimum absolute atomic E-state index is 0.198. The van der Waals surface area contributed by atoms with E-state index in [1.54, 1.807) is 22.6 Å². The molecule has 0 aliphatic rings. The molecule has 2 aromatic rings. The molecule has 0 saturated heterocycles. The quantitative estimate of drug-likeness (QED) is 0.161. The Labute approximate surface area is 220 Å². The van der Waals surface area contributed by atoms with E-state index in [0.29, 0.717) is 9.13 Å². The Kier molecular flexibility index (Phi) is 9.39. The monoisotopic (exact) mass is 746 g/mol. The summed E-state index contributed by atoms with van der Waals surface area (Å²) in [6.07, 6.45) is -3.12. The van der Waals surface area contributed by atoms with Crippen molar-refractivity contribution >= 4 is 77.5 Å². The molecule has 0 heterocycles. The van der Waals surface area contributed by atoms with Gasteiger partial charge in [-0.05, 0) is 75.0 Å². The van der Waals surface area contributed by atoms with Gasteiger partial charge in [0.1, 0.15) is 10.5 Å². The van der Waals surface area contributed by atoms with Crippen LogP contribution < -0.4 is 4.18 Å². The molecule has 186 valence electrons. The normalized spacial score (nSPS) is 13.2. The van der Waals surface area contributed by atoms with Crippen molar-refractivity contribution in [3.8, 4) is 5.75 Å². The molecule has 0 aliphatic heterocycles. The van der Waals surface area contributed by atoms with Crippen LogP contribution in [0.4, 0.5) is 13.2 Å². The van der Waals surface area contributed by atoms with Gasteiger partial charge in [0.05, 0.1) is 10.2 Å². The van der Waals surface area contributed by atoms with Gasteiger partial charge < -0.3 is 8.92 Å². The second-order valence-electron chi connectivity index (χ2n) is 6.50. The van der Waals surface area contributed by atoms with Gasteiger partial charge in [-0.15, -0.1) is 0 Å².